The number of anilines is 1. The molecular formula is C9H9ClFNO. The van der Waals surface area contributed by atoms with Crippen molar-refractivity contribution in [2.45, 2.75) is 12.8 Å². The Labute approximate surface area is 80.7 Å². The first-order valence-corrected chi connectivity index (χ1v) is 4.29. The summed E-state index contributed by atoms with van der Waals surface area (Å²) < 4.78 is 13.1. The summed E-state index contributed by atoms with van der Waals surface area (Å²) in [6.45, 7) is 1.33. The monoisotopic (exact) mass is 201 g/mol. The van der Waals surface area contributed by atoms with E-state index in [1.807, 2.05) is 0 Å². The Bertz CT molecular complexity index is 327. The van der Waals surface area contributed by atoms with E-state index >= 15 is 0 Å². The SMILES string of the molecule is CC(=O)Nc1ccc(CCl)cc1F. The second-order valence-corrected chi connectivity index (χ2v) is 2.90. The second kappa shape index (κ2) is 4.23. The van der Waals surface area contributed by atoms with Crippen molar-refractivity contribution in [3.63, 3.8) is 0 Å². The highest BCUT2D eigenvalue weighted by atomic mass is 35.5. The largest absolute Gasteiger partial charge is 0.324 e. The van der Waals surface area contributed by atoms with Crippen LogP contribution in [0.2, 0.25) is 0 Å². The molecule has 1 N–H and O–H groups in total. The van der Waals surface area contributed by atoms with Gasteiger partial charge in [0.15, 0.2) is 0 Å². The van der Waals surface area contributed by atoms with Crippen LogP contribution in [0.15, 0.2) is 18.2 Å². The van der Waals surface area contributed by atoms with Crippen LogP contribution in [0.4, 0.5) is 10.1 Å². The number of rotatable bonds is 2. The van der Waals surface area contributed by atoms with Crippen LogP contribution in [-0.4, -0.2) is 5.91 Å². The molecule has 0 fully saturated rings. The molecule has 70 valence electrons. The Morgan fingerprint density at radius 1 is 1.62 bits per heavy atom. The normalized spacial score (nSPS) is 9.77. The molecule has 0 aromatic heterocycles. The van der Waals surface area contributed by atoms with Gasteiger partial charge in [-0.25, -0.2) is 4.39 Å². The third-order valence-electron chi connectivity index (χ3n) is 1.50. The predicted octanol–water partition coefficient (Wildman–Crippen LogP) is 2.52. The maximum atomic E-state index is 13.1. The van der Waals surface area contributed by atoms with E-state index in [4.69, 9.17) is 11.6 Å². The van der Waals surface area contributed by atoms with Gasteiger partial charge in [0.05, 0.1) is 5.69 Å². The van der Waals surface area contributed by atoms with Crippen molar-refractivity contribution in [3.05, 3.63) is 29.6 Å². The molecule has 13 heavy (non-hydrogen) atoms. The van der Waals surface area contributed by atoms with E-state index in [-0.39, 0.29) is 17.5 Å². The van der Waals surface area contributed by atoms with Gasteiger partial charge in [-0.05, 0) is 17.7 Å². The summed E-state index contributed by atoms with van der Waals surface area (Å²) >= 11 is 5.50. The van der Waals surface area contributed by atoms with Crippen molar-refractivity contribution in [2.24, 2.45) is 0 Å². The van der Waals surface area contributed by atoms with Crippen molar-refractivity contribution in [1.29, 1.82) is 0 Å². The zero-order chi connectivity index (χ0) is 9.84. The lowest BCUT2D eigenvalue weighted by Crippen LogP contribution is -2.07. The average Bonchev–Trinajstić information content (AvgIpc) is 2.08. The van der Waals surface area contributed by atoms with Crippen LogP contribution in [0, 0.1) is 5.82 Å². The van der Waals surface area contributed by atoms with Crippen LogP contribution < -0.4 is 5.32 Å². The summed E-state index contributed by atoms with van der Waals surface area (Å²) in [4.78, 5) is 10.6. The molecule has 1 rings (SSSR count). The molecule has 0 unspecified atom stereocenters. The molecule has 0 saturated heterocycles. The van der Waals surface area contributed by atoms with Gasteiger partial charge in [-0.1, -0.05) is 6.07 Å². The van der Waals surface area contributed by atoms with E-state index in [1.54, 1.807) is 6.07 Å². The Morgan fingerprint density at radius 3 is 2.77 bits per heavy atom. The second-order valence-electron chi connectivity index (χ2n) is 2.63. The van der Waals surface area contributed by atoms with E-state index in [1.165, 1.54) is 19.1 Å². The fraction of sp³-hybridized carbons (Fsp3) is 0.222. The number of alkyl halides is 1. The molecule has 0 heterocycles. The summed E-state index contributed by atoms with van der Waals surface area (Å²) in [7, 11) is 0. The van der Waals surface area contributed by atoms with Gasteiger partial charge in [-0.15, -0.1) is 11.6 Å². The molecule has 0 aliphatic carbocycles. The topological polar surface area (TPSA) is 29.1 Å². The molecule has 1 amide bonds. The average molecular weight is 202 g/mol. The van der Waals surface area contributed by atoms with Crippen LogP contribution in [0.1, 0.15) is 12.5 Å². The van der Waals surface area contributed by atoms with E-state index in [0.29, 0.717) is 5.56 Å². The van der Waals surface area contributed by atoms with E-state index < -0.39 is 5.82 Å². The summed E-state index contributed by atoms with van der Waals surface area (Å²) in [5.41, 5.74) is 0.870. The van der Waals surface area contributed by atoms with Gasteiger partial charge < -0.3 is 5.32 Å². The lowest BCUT2D eigenvalue weighted by atomic mass is 10.2. The number of amides is 1. The van der Waals surface area contributed by atoms with Gasteiger partial charge in [0.2, 0.25) is 5.91 Å². The molecule has 0 atom stereocenters. The lowest BCUT2D eigenvalue weighted by molar-refractivity contribution is -0.114. The molecule has 0 aliphatic heterocycles. The number of nitrogens with one attached hydrogen (secondary N) is 1. The summed E-state index contributed by atoms with van der Waals surface area (Å²) in [5, 5.41) is 2.37. The Hall–Kier alpha value is -1.09. The zero-order valence-corrected chi connectivity index (χ0v) is 7.86. The van der Waals surface area contributed by atoms with Crippen molar-refractivity contribution < 1.29 is 9.18 Å². The maximum Gasteiger partial charge on any atom is 0.221 e. The number of carbonyl (C=O) groups is 1. The fourth-order valence-electron chi connectivity index (χ4n) is 0.933. The van der Waals surface area contributed by atoms with Crippen LogP contribution in [-0.2, 0) is 10.7 Å². The first-order valence-electron chi connectivity index (χ1n) is 3.75. The Kier molecular flexibility index (Phi) is 3.25. The summed E-state index contributed by atoms with van der Waals surface area (Å²) in [5.74, 6) is -0.497. The third kappa shape index (κ3) is 2.70. The van der Waals surface area contributed by atoms with Crippen molar-refractivity contribution >= 4 is 23.2 Å². The van der Waals surface area contributed by atoms with Gasteiger partial charge in [-0.2, -0.15) is 0 Å². The van der Waals surface area contributed by atoms with Gasteiger partial charge in [-0.3, -0.25) is 4.79 Å². The number of hydrogen-bond donors (Lipinski definition) is 1. The molecule has 0 saturated carbocycles. The van der Waals surface area contributed by atoms with Crippen molar-refractivity contribution in [3.8, 4) is 0 Å². The van der Waals surface area contributed by atoms with E-state index in [9.17, 15) is 9.18 Å². The summed E-state index contributed by atoms with van der Waals surface area (Å²) in [6, 6.07) is 4.47. The predicted molar refractivity (Wildman–Crippen MR) is 50.3 cm³/mol. The zero-order valence-electron chi connectivity index (χ0n) is 7.10. The molecule has 0 radical (unpaired) electrons. The molecule has 0 spiro atoms. The first kappa shape index (κ1) is 9.99. The minimum Gasteiger partial charge on any atom is -0.324 e. The standard InChI is InChI=1S/C9H9ClFNO/c1-6(13)12-9-3-2-7(5-10)4-8(9)11/h2-4H,5H2,1H3,(H,12,13). The van der Waals surface area contributed by atoms with Crippen LogP contribution in [0.3, 0.4) is 0 Å². The number of benzene rings is 1. The summed E-state index contributed by atoms with van der Waals surface area (Å²) in [6.07, 6.45) is 0. The quantitative estimate of drug-likeness (QED) is 0.732. The lowest BCUT2D eigenvalue weighted by Gasteiger charge is -2.04. The molecular weight excluding hydrogens is 193 g/mol. The van der Waals surface area contributed by atoms with Crippen molar-refractivity contribution in [2.75, 3.05) is 5.32 Å². The first-order chi connectivity index (χ1) is 6.13. The van der Waals surface area contributed by atoms with Gasteiger partial charge in [0.1, 0.15) is 5.82 Å². The highest BCUT2D eigenvalue weighted by molar-refractivity contribution is 6.17. The maximum absolute atomic E-state index is 13.1. The van der Waals surface area contributed by atoms with Gasteiger partial charge in [0.25, 0.3) is 0 Å². The van der Waals surface area contributed by atoms with Crippen LogP contribution in [0.5, 0.6) is 0 Å². The molecule has 1 aromatic carbocycles. The number of carbonyl (C=O) groups excluding carboxylic acids is 1. The highest BCUT2D eigenvalue weighted by Gasteiger charge is 2.03. The van der Waals surface area contributed by atoms with E-state index in [2.05, 4.69) is 5.32 Å². The molecule has 4 heteroatoms. The number of hydrogen-bond acceptors (Lipinski definition) is 1. The molecule has 1 aromatic rings. The van der Waals surface area contributed by atoms with E-state index in [0.717, 1.165) is 0 Å². The van der Waals surface area contributed by atoms with Crippen LogP contribution in [0.25, 0.3) is 0 Å². The van der Waals surface area contributed by atoms with Gasteiger partial charge in [0, 0.05) is 12.8 Å². The van der Waals surface area contributed by atoms with Crippen molar-refractivity contribution in [1.82, 2.24) is 0 Å². The Balaban J connectivity index is 2.91. The van der Waals surface area contributed by atoms with Crippen LogP contribution >= 0.6 is 11.6 Å². The smallest absolute Gasteiger partial charge is 0.221 e. The fourth-order valence-corrected chi connectivity index (χ4v) is 1.10. The van der Waals surface area contributed by atoms with Gasteiger partial charge >= 0.3 is 0 Å². The third-order valence-corrected chi connectivity index (χ3v) is 1.81. The minimum atomic E-state index is -0.464. The molecule has 0 bridgehead atoms. The molecule has 2 nitrogen and oxygen atoms in total. The molecule has 0 aliphatic rings. The minimum absolute atomic E-state index is 0.182. The number of halogens is 2. The highest BCUT2D eigenvalue weighted by Crippen LogP contribution is 2.16. The Morgan fingerprint density at radius 2 is 2.31 bits per heavy atom.